The summed E-state index contributed by atoms with van der Waals surface area (Å²) in [5.41, 5.74) is 5.99. The Morgan fingerprint density at radius 3 is 1.67 bits per heavy atom. The van der Waals surface area contributed by atoms with Gasteiger partial charge in [0.2, 0.25) is 0 Å². The molecule has 0 saturated carbocycles. The molecule has 2 atom stereocenters. The number of allylic oxidation sites excluding steroid dienone is 2. The molecule has 0 saturated heterocycles. The predicted molar refractivity (Wildman–Crippen MR) is 86.0 cm³/mol. The molecule has 0 heterocycles. The first-order chi connectivity index (χ1) is 10.4. The summed E-state index contributed by atoms with van der Waals surface area (Å²) in [6.07, 6.45) is 9.46. The zero-order valence-corrected chi connectivity index (χ0v) is 14.5. The molecule has 0 fully saturated rings. The fourth-order valence-electron chi connectivity index (χ4n) is 3.40. The van der Waals surface area contributed by atoms with Gasteiger partial charge >= 0.3 is 138 Å². The molecule has 4 rings (SSSR count). The van der Waals surface area contributed by atoms with Crippen molar-refractivity contribution in [3.8, 4) is 0 Å². The van der Waals surface area contributed by atoms with Gasteiger partial charge in [-0.05, 0) is 0 Å². The third-order valence-corrected chi connectivity index (χ3v) is 8.12. The van der Waals surface area contributed by atoms with Crippen LogP contribution in [0.5, 0.6) is 0 Å². The molecule has 102 valence electrons. The Morgan fingerprint density at radius 2 is 1.14 bits per heavy atom. The summed E-state index contributed by atoms with van der Waals surface area (Å²) in [4.78, 5) is 0. The minimum atomic E-state index is -0.323. The topological polar surface area (TPSA) is 0 Å². The van der Waals surface area contributed by atoms with Crippen LogP contribution >= 0.6 is 0 Å². The van der Waals surface area contributed by atoms with E-state index >= 15 is 0 Å². The molecule has 0 radical (unpaired) electrons. The summed E-state index contributed by atoms with van der Waals surface area (Å²) in [5, 5.41) is 0. The van der Waals surface area contributed by atoms with Gasteiger partial charge in [-0.1, -0.05) is 0 Å². The van der Waals surface area contributed by atoms with Gasteiger partial charge in [0.05, 0.1) is 0 Å². The quantitative estimate of drug-likeness (QED) is 0.681. The van der Waals surface area contributed by atoms with E-state index in [2.05, 4.69) is 72.8 Å². The Balaban J connectivity index is 1.38. The van der Waals surface area contributed by atoms with Crippen LogP contribution in [-0.4, -0.2) is 0 Å². The van der Waals surface area contributed by atoms with E-state index in [1.165, 1.54) is 19.4 Å². The van der Waals surface area contributed by atoms with E-state index in [1.54, 1.807) is 11.1 Å². The van der Waals surface area contributed by atoms with E-state index in [9.17, 15) is 0 Å². The van der Waals surface area contributed by atoms with Crippen molar-refractivity contribution < 1.29 is 23.2 Å². The van der Waals surface area contributed by atoms with Crippen LogP contribution in [0.1, 0.15) is 34.1 Å². The molecule has 0 bridgehead atoms. The molecule has 21 heavy (non-hydrogen) atoms. The molecule has 2 unspecified atom stereocenters. The molecule has 0 spiro atoms. The average Bonchev–Trinajstić information content (AvgIpc) is 3.13. The molecule has 2 aromatic carbocycles. The molecule has 2 aliphatic carbocycles. The summed E-state index contributed by atoms with van der Waals surface area (Å²) in [7, 11) is 0. The van der Waals surface area contributed by atoms with Crippen molar-refractivity contribution in [3.63, 3.8) is 0 Å². The van der Waals surface area contributed by atoms with Crippen LogP contribution in [-0.2, 0) is 23.2 Å². The van der Waals surface area contributed by atoms with Gasteiger partial charge in [0.15, 0.2) is 0 Å². The Kier molecular flexibility index (Phi) is 3.78. The number of benzene rings is 2. The first-order valence-corrected chi connectivity index (χ1v) is 11.1. The van der Waals surface area contributed by atoms with E-state index in [1.807, 2.05) is 0 Å². The second kappa shape index (κ2) is 5.89. The van der Waals surface area contributed by atoms with Crippen LogP contribution in [0.15, 0.2) is 60.7 Å². The number of hydrogen-bond acceptors (Lipinski definition) is 0. The molecule has 0 aliphatic heterocycles. The second-order valence-corrected chi connectivity index (χ2v) is 9.08. The van der Waals surface area contributed by atoms with Crippen molar-refractivity contribution in [1.82, 2.24) is 0 Å². The van der Waals surface area contributed by atoms with Crippen LogP contribution in [0.2, 0.25) is 8.26 Å². The minimum absolute atomic E-state index is 0.323. The summed E-state index contributed by atoms with van der Waals surface area (Å²) < 4.78 is 2.87. The Labute approximate surface area is 138 Å². The third kappa shape index (κ3) is 2.64. The maximum absolute atomic E-state index is 2.42. The molecule has 0 N–H and O–H groups in total. The monoisotopic (exact) mass is 348 g/mol. The number of fused-ring (bicyclic) bond motifs is 2. The fourth-order valence-corrected chi connectivity index (χ4v) is 7.09. The van der Waals surface area contributed by atoms with E-state index in [0.717, 1.165) is 0 Å². The first-order valence-electron chi connectivity index (χ1n) is 7.67. The zero-order valence-electron chi connectivity index (χ0n) is 12.0. The van der Waals surface area contributed by atoms with Crippen molar-refractivity contribution in [2.75, 3.05) is 0 Å². The zero-order chi connectivity index (χ0) is 14.1. The standard InChI is InChI=1S/2C10H9.Zr/c2*1-8-6-7-9-4-2-3-5-10(8)9;/h2*2-8H,1H2;. The van der Waals surface area contributed by atoms with Crippen LogP contribution in [0.3, 0.4) is 0 Å². The molecular weight excluding hydrogens is 331 g/mol. The summed E-state index contributed by atoms with van der Waals surface area (Å²) >= 11 is -0.323. The summed E-state index contributed by atoms with van der Waals surface area (Å²) in [6, 6.07) is 17.8. The first kappa shape index (κ1) is 13.5. The van der Waals surface area contributed by atoms with E-state index in [-0.39, 0.29) is 23.2 Å². The fraction of sp³-hybridized carbons (Fsp3) is 0.200. The molecular formula is C20H18Zr. The number of hydrogen-bond donors (Lipinski definition) is 0. The van der Waals surface area contributed by atoms with Crippen molar-refractivity contribution in [2.45, 2.75) is 20.1 Å². The van der Waals surface area contributed by atoms with Crippen molar-refractivity contribution in [1.29, 1.82) is 0 Å². The second-order valence-electron chi connectivity index (χ2n) is 5.85. The predicted octanol–water partition coefficient (Wildman–Crippen LogP) is 5.53. The molecule has 2 aromatic rings. The Bertz CT molecular complexity index is 650. The van der Waals surface area contributed by atoms with Crippen molar-refractivity contribution in [3.05, 3.63) is 82.9 Å². The van der Waals surface area contributed by atoms with Gasteiger partial charge < -0.3 is 0 Å². The average molecular weight is 350 g/mol. The van der Waals surface area contributed by atoms with Gasteiger partial charge in [-0.2, -0.15) is 0 Å². The van der Waals surface area contributed by atoms with E-state index in [4.69, 9.17) is 0 Å². The third-order valence-electron chi connectivity index (χ3n) is 4.54. The maximum atomic E-state index is 2.42. The SMILES string of the molecule is C1=CC([CH2][Zr][CH2]C2C=Cc3ccccc32)c2ccccc21. The summed E-state index contributed by atoms with van der Waals surface area (Å²) in [6.45, 7) is 0. The van der Waals surface area contributed by atoms with Crippen LogP contribution < -0.4 is 0 Å². The molecule has 0 aromatic heterocycles. The molecule has 2 aliphatic rings. The van der Waals surface area contributed by atoms with Crippen LogP contribution in [0.4, 0.5) is 0 Å². The van der Waals surface area contributed by atoms with E-state index in [0.29, 0.717) is 11.8 Å². The normalized spacial score (nSPS) is 21.3. The van der Waals surface area contributed by atoms with Crippen LogP contribution in [0.25, 0.3) is 12.2 Å². The van der Waals surface area contributed by atoms with Crippen molar-refractivity contribution in [2.24, 2.45) is 0 Å². The Hall–Kier alpha value is -1.20. The number of rotatable bonds is 4. The van der Waals surface area contributed by atoms with Gasteiger partial charge in [-0.15, -0.1) is 0 Å². The van der Waals surface area contributed by atoms with Gasteiger partial charge in [-0.3, -0.25) is 0 Å². The van der Waals surface area contributed by atoms with Crippen molar-refractivity contribution >= 4 is 12.2 Å². The van der Waals surface area contributed by atoms with Gasteiger partial charge in [0.25, 0.3) is 0 Å². The Morgan fingerprint density at radius 1 is 0.667 bits per heavy atom. The summed E-state index contributed by atoms with van der Waals surface area (Å²) in [5.74, 6) is 1.40. The van der Waals surface area contributed by atoms with Gasteiger partial charge in [0.1, 0.15) is 0 Å². The van der Waals surface area contributed by atoms with Gasteiger partial charge in [0, 0.05) is 0 Å². The molecule has 0 amide bonds. The molecule has 1 heteroatoms. The van der Waals surface area contributed by atoms with Crippen LogP contribution in [0, 0.1) is 0 Å². The van der Waals surface area contributed by atoms with Gasteiger partial charge in [-0.25, -0.2) is 0 Å². The van der Waals surface area contributed by atoms with E-state index < -0.39 is 0 Å². The molecule has 0 nitrogen and oxygen atoms in total.